The zero-order chi connectivity index (χ0) is 27.4. The molecule has 2 N–H and O–H groups in total. The van der Waals surface area contributed by atoms with E-state index in [0.29, 0.717) is 59.0 Å². The summed E-state index contributed by atoms with van der Waals surface area (Å²) in [6.07, 6.45) is 2.61. The van der Waals surface area contributed by atoms with Crippen LogP contribution in [0.2, 0.25) is 10.0 Å². The van der Waals surface area contributed by atoms with Gasteiger partial charge < -0.3 is 14.7 Å². The highest BCUT2D eigenvalue weighted by Crippen LogP contribution is 2.37. The Morgan fingerprint density at radius 1 is 1.32 bits per heavy atom. The zero-order valence-electron chi connectivity index (χ0n) is 21.2. The molecule has 0 saturated carbocycles. The predicted octanol–water partition coefficient (Wildman–Crippen LogP) is 5.59. The minimum Gasteiger partial charge on any atom is -0.481 e. The molecule has 9 nitrogen and oxygen atoms in total. The SMILES string of the molecule is COC(C)CN(C)Cc1sc(NC(=O)c2cnc(N3CCC(C(=O)O)CC3)c(Cl)c2)nc1-c1cc(Cl)cs1. The largest absolute Gasteiger partial charge is 0.481 e. The zero-order valence-corrected chi connectivity index (χ0v) is 24.4. The molecule has 13 heteroatoms. The molecular formula is C25H29Cl2N5O4S2. The van der Waals surface area contributed by atoms with Crippen molar-refractivity contribution in [2.45, 2.75) is 32.4 Å². The number of amides is 1. The highest BCUT2D eigenvalue weighted by atomic mass is 35.5. The minimum absolute atomic E-state index is 0.0791. The molecule has 0 bridgehead atoms. The standard InChI is InChI=1S/C25H29Cl2N5O4S2/c1-14(36-3)11-31(2)12-20-21(19-9-17(26)13-37-19)29-25(38-20)30-23(33)16-8-18(27)22(28-10-16)32-6-4-15(5-7-32)24(34)35/h8-10,13-15H,4-7,11-12H2,1-3H3,(H,34,35)(H,29,30,33). The van der Waals surface area contributed by atoms with Crippen molar-refractivity contribution in [2.24, 2.45) is 5.92 Å². The second-order valence-corrected chi connectivity index (χ2v) is 12.1. The Labute approximate surface area is 239 Å². The van der Waals surface area contributed by atoms with Gasteiger partial charge in [0.15, 0.2) is 5.13 Å². The van der Waals surface area contributed by atoms with Gasteiger partial charge in [-0.1, -0.05) is 34.5 Å². The molecule has 0 spiro atoms. The van der Waals surface area contributed by atoms with Crippen molar-refractivity contribution in [1.82, 2.24) is 14.9 Å². The Bertz CT molecular complexity index is 1290. The van der Waals surface area contributed by atoms with Crippen molar-refractivity contribution in [3.63, 3.8) is 0 Å². The van der Waals surface area contributed by atoms with Gasteiger partial charge in [0.2, 0.25) is 0 Å². The first-order chi connectivity index (χ1) is 18.1. The molecule has 1 fully saturated rings. The number of anilines is 2. The van der Waals surface area contributed by atoms with Crippen LogP contribution in [0.15, 0.2) is 23.7 Å². The molecule has 0 aliphatic carbocycles. The van der Waals surface area contributed by atoms with Crippen molar-refractivity contribution in [3.05, 3.63) is 44.2 Å². The number of piperidine rings is 1. The lowest BCUT2D eigenvalue weighted by Gasteiger charge is -2.31. The van der Waals surface area contributed by atoms with Crippen molar-refractivity contribution in [3.8, 4) is 10.6 Å². The van der Waals surface area contributed by atoms with Crippen LogP contribution in [0.3, 0.4) is 0 Å². The van der Waals surface area contributed by atoms with Gasteiger partial charge in [-0.25, -0.2) is 9.97 Å². The van der Waals surface area contributed by atoms with Gasteiger partial charge in [-0.3, -0.25) is 19.8 Å². The van der Waals surface area contributed by atoms with E-state index in [0.717, 1.165) is 22.0 Å². The molecule has 1 amide bonds. The summed E-state index contributed by atoms with van der Waals surface area (Å²) in [6, 6.07) is 3.45. The number of nitrogens with zero attached hydrogens (tertiary/aromatic N) is 4. The monoisotopic (exact) mass is 597 g/mol. The third-order valence-electron chi connectivity index (χ3n) is 6.33. The highest BCUT2D eigenvalue weighted by molar-refractivity contribution is 7.17. The minimum atomic E-state index is -0.775. The van der Waals surface area contributed by atoms with E-state index in [4.69, 9.17) is 32.9 Å². The van der Waals surface area contributed by atoms with Crippen LogP contribution in [0.5, 0.6) is 0 Å². The normalized spacial score (nSPS) is 15.2. The molecule has 1 atom stereocenters. The number of carboxylic acids is 1. The van der Waals surface area contributed by atoms with Gasteiger partial charge in [0.1, 0.15) is 5.82 Å². The van der Waals surface area contributed by atoms with Crippen LogP contribution in [0.4, 0.5) is 10.9 Å². The maximum atomic E-state index is 13.1. The third-order valence-corrected chi connectivity index (χ3v) is 8.85. The van der Waals surface area contributed by atoms with E-state index in [2.05, 4.69) is 15.2 Å². The van der Waals surface area contributed by atoms with Crippen LogP contribution < -0.4 is 10.2 Å². The number of hydrogen-bond acceptors (Lipinski definition) is 9. The number of hydrogen-bond donors (Lipinski definition) is 2. The number of thiazole rings is 1. The molecule has 4 heterocycles. The molecular weight excluding hydrogens is 569 g/mol. The second kappa shape index (κ2) is 12.7. The molecule has 4 rings (SSSR count). The van der Waals surface area contributed by atoms with Gasteiger partial charge in [-0.2, -0.15) is 0 Å². The summed E-state index contributed by atoms with van der Waals surface area (Å²) >= 11 is 15.6. The number of methoxy groups -OCH3 is 1. The van der Waals surface area contributed by atoms with Crippen LogP contribution >= 0.6 is 45.9 Å². The Hall–Kier alpha value is -2.28. The maximum Gasteiger partial charge on any atom is 0.306 e. The van der Waals surface area contributed by atoms with Crippen molar-refractivity contribution in [2.75, 3.05) is 44.0 Å². The van der Waals surface area contributed by atoms with Crippen molar-refractivity contribution < 1.29 is 19.4 Å². The highest BCUT2D eigenvalue weighted by Gasteiger charge is 2.26. The summed E-state index contributed by atoms with van der Waals surface area (Å²) in [6.45, 7) is 4.48. The number of rotatable bonds is 10. The molecule has 204 valence electrons. The Balaban J connectivity index is 1.49. The van der Waals surface area contributed by atoms with Gasteiger partial charge in [0, 0.05) is 49.7 Å². The van der Waals surface area contributed by atoms with E-state index in [1.54, 1.807) is 13.2 Å². The number of aliphatic carboxylic acids is 1. The lowest BCUT2D eigenvalue weighted by molar-refractivity contribution is -0.142. The summed E-state index contributed by atoms with van der Waals surface area (Å²) in [7, 11) is 3.70. The Morgan fingerprint density at radius 2 is 2.05 bits per heavy atom. The number of likely N-dealkylation sites (N-methyl/N-ethyl adjacent to an activating group) is 1. The lowest BCUT2D eigenvalue weighted by Crippen LogP contribution is -2.37. The fourth-order valence-corrected chi connectivity index (χ4v) is 6.75. The van der Waals surface area contributed by atoms with E-state index in [9.17, 15) is 14.7 Å². The van der Waals surface area contributed by atoms with Crippen LogP contribution in [0.25, 0.3) is 10.6 Å². The quantitative estimate of drug-likeness (QED) is 0.311. The molecule has 1 aliphatic rings. The van der Waals surface area contributed by atoms with Gasteiger partial charge in [-0.05, 0) is 38.9 Å². The first-order valence-corrected chi connectivity index (χ1v) is 14.5. The Morgan fingerprint density at radius 3 is 2.66 bits per heavy atom. The van der Waals surface area contributed by atoms with E-state index in [1.807, 2.05) is 30.3 Å². The summed E-state index contributed by atoms with van der Waals surface area (Å²) in [5.74, 6) is -0.944. The predicted molar refractivity (Wildman–Crippen MR) is 153 cm³/mol. The van der Waals surface area contributed by atoms with E-state index in [1.165, 1.54) is 28.9 Å². The molecule has 3 aromatic heterocycles. The third kappa shape index (κ3) is 7.02. The van der Waals surface area contributed by atoms with E-state index < -0.39 is 5.97 Å². The number of nitrogens with one attached hydrogen (secondary N) is 1. The lowest BCUT2D eigenvalue weighted by atomic mass is 9.97. The first-order valence-electron chi connectivity index (χ1n) is 12.0. The smallest absolute Gasteiger partial charge is 0.306 e. The summed E-state index contributed by atoms with van der Waals surface area (Å²) in [5, 5.41) is 15.4. The van der Waals surface area contributed by atoms with Crippen LogP contribution in [0, 0.1) is 5.92 Å². The van der Waals surface area contributed by atoms with Crippen molar-refractivity contribution in [1.29, 1.82) is 0 Å². The number of carbonyl (C=O) groups is 2. The van der Waals surface area contributed by atoms with Crippen LogP contribution in [-0.2, 0) is 16.1 Å². The topological polar surface area (TPSA) is 108 Å². The fourth-order valence-electron chi connectivity index (χ4n) is 4.26. The molecule has 0 radical (unpaired) electrons. The molecule has 38 heavy (non-hydrogen) atoms. The number of pyridine rings is 1. The van der Waals surface area contributed by atoms with E-state index >= 15 is 0 Å². The molecule has 0 aromatic carbocycles. The number of carboxylic acid groups (broad SMARTS) is 1. The van der Waals surface area contributed by atoms with Gasteiger partial charge in [0.05, 0.1) is 38.2 Å². The van der Waals surface area contributed by atoms with Crippen molar-refractivity contribution >= 4 is 68.7 Å². The van der Waals surface area contributed by atoms with E-state index in [-0.39, 0.29) is 17.9 Å². The summed E-state index contributed by atoms with van der Waals surface area (Å²) < 4.78 is 5.38. The average molecular weight is 599 g/mol. The Kier molecular flexibility index (Phi) is 9.61. The molecule has 1 aliphatic heterocycles. The average Bonchev–Trinajstić information content (AvgIpc) is 3.49. The van der Waals surface area contributed by atoms with Gasteiger partial charge in [-0.15, -0.1) is 11.3 Å². The number of carbonyl (C=O) groups excluding carboxylic acids is 1. The summed E-state index contributed by atoms with van der Waals surface area (Å²) in [4.78, 5) is 39.5. The van der Waals surface area contributed by atoms with Crippen LogP contribution in [0.1, 0.15) is 35.0 Å². The summed E-state index contributed by atoms with van der Waals surface area (Å²) in [5.41, 5.74) is 1.10. The number of thiophene rings is 1. The van der Waals surface area contributed by atoms with Gasteiger partial charge in [0.25, 0.3) is 5.91 Å². The number of halogens is 2. The maximum absolute atomic E-state index is 13.1. The fraction of sp³-hybridized carbons (Fsp3) is 0.440. The first kappa shape index (κ1) is 28.7. The molecule has 3 aromatic rings. The number of aromatic nitrogens is 2. The van der Waals surface area contributed by atoms with Gasteiger partial charge >= 0.3 is 5.97 Å². The molecule has 1 saturated heterocycles. The molecule has 1 unspecified atom stereocenters. The number of ether oxygens (including phenoxy) is 1. The van der Waals surface area contributed by atoms with Crippen LogP contribution in [-0.4, -0.2) is 71.7 Å². The second-order valence-electron chi connectivity index (χ2n) is 9.25.